The number of carbonyl (C=O) groups excluding carboxylic acids is 4. The van der Waals surface area contributed by atoms with Crippen molar-refractivity contribution in [1.82, 2.24) is 0 Å². The zero-order valence-electron chi connectivity index (χ0n) is 41.0. The van der Waals surface area contributed by atoms with Gasteiger partial charge in [-0.3, -0.25) is 9.80 Å². The molecule has 30 heteroatoms. The highest BCUT2D eigenvalue weighted by atomic mass is 32.1. The number of aromatic carboxylic acids is 1. The number of thiophene rings is 3. The monoisotopic (exact) mass is 1150 g/mol. The van der Waals surface area contributed by atoms with Gasteiger partial charge in [0, 0.05) is 77.0 Å². The second-order valence-electron chi connectivity index (χ2n) is 15.3. The average molecular weight is 1150 g/mol. The van der Waals surface area contributed by atoms with E-state index in [-0.39, 0.29) is 47.8 Å². The number of benzene rings is 3. The van der Waals surface area contributed by atoms with Gasteiger partial charge in [-0.05, 0) is 60.7 Å². The molecule has 79 heavy (non-hydrogen) atoms. The van der Waals surface area contributed by atoms with Gasteiger partial charge in [-0.1, -0.05) is 0 Å². The number of amides is 4. The van der Waals surface area contributed by atoms with Crippen LogP contribution in [-0.4, -0.2) is 78.9 Å². The number of hydrogen-bond acceptors (Lipinski definition) is 18. The Labute approximate surface area is 452 Å². The zero-order valence-corrected chi connectivity index (χ0v) is 43.4. The zero-order chi connectivity index (χ0) is 57.3. The molecule has 0 aliphatic carbocycles. The maximum Gasteiger partial charge on any atom is 0.351 e. The second kappa shape index (κ2) is 26.1. The normalized spacial score (nSPS) is 10.4. The summed E-state index contributed by atoms with van der Waals surface area (Å²) >= 11 is 3.51. The van der Waals surface area contributed by atoms with Crippen LogP contribution in [0, 0.1) is 34.9 Å². The second-order valence-corrected chi connectivity index (χ2v) is 18.5. The Morgan fingerprint density at radius 2 is 0.899 bits per heavy atom. The van der Waals surface area contributed by atoms with Crippen LogP contribution in [0.1, 0.15) is 31.1 Å². The van der Waals surface area contributed by atoms with Crippen molar-refractivity contribution in [1.29, 1.82) is 0 Å². The molecule has 0 saturated heterocycles. The number of carbonyl (C=O) groups is 5. The summed E-state index contributed by atoms with van der Waals surface area (Å²) in [4.78, 5) is 95.6. The first-order valence-corrected chi connectivity index (χ1v) is 23.9. The van der Waals surface area contributed by atoms with E-state index in [0.29, 0.717) is 25.0 Å². The van der Waals surface area contributed by atoms with Gasteiger partial charge in [-0.2, -0.15) is 0 Å². The van der Waals surface area contributed by atoms with E-state index in [9.17, 15) is 64.7 Å². The van der Waals surface area contributed by atoms with Crippen LogP contribution in [0.15, 0.2) is 119 Å². The molecule has 0 fully saturated rings. The molecule has 0 aliphatic heterocycles. The van der Waals surface area contributed by atoms with Crippen molar-refractivity contribution >= 4 is 135 Å². The highest BCUT2D eigenvalue weighted by Gasteiger charge is 2.22. The van der Waals surface area contributed by atoms with Crippen molar-refractivity contribution in [2.75, 3.05) is 66.8 Å². The van der Waals surface area contributed by atoms with Gasteiger partial charge in [0.05, 0.1) is 33.3 Å². The number of esters is 2. The number of methoxy groups -OCH3 is 2. The average Bonchev–Trinajstić information content (AvgIpc) is 4.33. The van der Waals surface area contributed by atoms with E-state index in [1.54, 1.807) is 13.1 Å². The van der Waals surface area contributed by atoms with E-state index < -0.39 is 87.3 Å². The molecule has 3 radical (unpaired) electrons. The van der Waals surface area contributed by atoms with Crippen molar-refractivity contribution in [3.05, 3.63) is 174 Å². The Morgan fingerprint density at radius 3 is 1.27 bits per heavy atom. The smallest absolute Gasteiger partial charge is 0.351 e. The van der Waals surface area contributed by atoms with Gasteiger partial charge in [0.25, 0.3) is 0 Å². The SMILES string of the molecule is CN(C(=O)Nc1ccc(F)c(F)c1)c1cc2oc(=O)c(C(=O)O)cc2s1.CNc1cc2oc(=O)c(C(=O)OC)cc2s1.COC(=O)c1cc2sc(N(C)C(=O)Nc3ccc(F)c(F)c3)cc2oc1=O.Nc1ccc(F)c(F)c1.[B]. The van der Waals surface area contributed by atoms with Crippen molar-refractivity contribution in [3.8, 4) is 0 Å². The number of fused-ring (bicyclic) bond motifs is 3. The molecule has 409 valence electrons. The van der Waals surface area contributed by atoms with E-state index in [1.165, 1.54) is 86.0 Å². The number of carboxylic acid groups (broad SMARTS) is 1. The van der Waals surface area contributed by atoms with Crippen LogP contribution in [0.4, 0.5) is 68.0 Å². The number of rotatable bonds is 8. The molecule has 4 amide bonds. The third-order valence-corrected chi connectivity index (χ3v) is 13.4. The molecular formula is C49H36BF6N6O14S3. The molecule has 9 rings (SSSR count). The number of nitrogen functional groups attached to an aromatic ring is 1. The van der Waals surface area contributed by atoms with Crippen LogP contribution in [0.5, 0.6) is 0 Å². The van der Waals surface area contributed by atoms with E-state index in [4.69, 9.17) is 24.1 Å². The summed E-state index contributed by atoms with van der Waals surface area (Å²) in [5.74, 6) is -8.96. The molecule has 20 nitrogen and oxygen atoms in total. The van der Waals surface area contributed by atoms with Crippen molar-refractivity contribution < 1.29 is 78.1 Å². The number of nitrogens with two attached hydrogens (primary N) is 1. The first kappa shape index (κ1) is 60.4. The lowest BCUT2D eigenvalue weighted by molar-refractivity contribution is 0.0587. The molecule has 0 aliphatic rings. The van der Waals surface area contributed by atoms with Crippen molar-refractivity contribution in [2.45, 2.75) is 0 Å². The highest BCUT2D eigenvalue weighted by molar-refractivity contribution is 7.23. The molecule has 0 saturated carbocycles. The summed E-state index contributed by atoms with van der Waals surface area (Å²) in [7, 11) is 6.99. The van der Waals surface area contributed by atoms with Gasteiger partial charge in [0.1, 0.15) is 26.7 Å². The van der Waals surface area contributed by atoms with Crippen molar-refractivity contribution in [3.63, 3.8) is 0 Å². The number of hydrogen-bond donors (Lipinski definition) is 5. The maximum absolute atomic E-state index is 13.2. The lowest BCUT2D eigenvalue weighted by Crippen LogP contribution is -2.30. The Kier molecular flexibility index (Phi) is 20.0. The van der Waals surface area contributed by atoms with Gasteiger partial charge in [-0.15, -0.1) is 34.0 Å². The third-order valence-electron chi connectivity index (χ3n) is 10.1. The molecule has 6 N–H and O–H groups in total. The molecule has 9 aromatic rings. The number of nitrogens with one attached hydrogen (secondary N) is 3. The molecule has 3 aromatic carbocycles. The number of urea groups is 2. The molecule has 0 atom stereocenters. The van der Waals surface area contributed by atoms with Crippen LogP contribution in [0.3, 0.4) is 0 Å². The third kappa shape index (κ3) is 14.7. The van der Waals surface area contributed by atoms with Crippen molar-refractivity contribution in [2.24, 2.45) is 0 Å². The number of carboxylic acids is 1. The molecule has 6 aromatic heterocycles. The summed E-state index contributed by atoms with van der Waals surface area (Å²) in [5.41, 5.74) is 2.89. The number of halogens is 6. The van der Waals surface area contributed by atoms with E-state index in [2.05, 4.69) is 25.4 Å². The number of nitrogens with zero attached hydrogens (tertiary/aromatic N) is 2. The number of anilines is 6. The topological polar surface area (TPSA) is 283 Å². The minimum Gasteiger partial charge on any atom is -0.477 e. The minimum absolute atomic E-state index is 0. The quantitative estimate of drug-likeness (QED) is 0.0409. The molecular weight excluding hydrogens is 1120 g/mol. The standard InChI is InChI=1S/C17H12F2N2O5S.C16H10F2N2O5S.C10H9NO4S.C6H5F2N.B/c1-21(17(24)20-8-3-4-10(18)11(19)5-8)14-7-12-13(27-14)6-9(15(22)25-2)16(23)26-12;1-20(16(24)19-7-2-3-9(17)10(18)4-7)13-6-11-12(26-13)5-8(14(21)22)15(23)25-11;1-11-8-4-6-7(16-8)3-5(9(12)14-2)10(13)15-6;7-5-2-1-4(9)3-6(5)8;/h3-7H,1-2H3,(H,20,24);2-6H,1H3,(H,19,24)(H,21,22);3-4,11H,1-2H3;1-3H,9H2;. The minimum atomic E-state index is -1.42. The van der Waals surface area contributed by atoms with Crippen LogP contribution < -0.4 is 48.4 Å². The first-order valence-electron chi connectivity index (χ1n) is 21.4. The molecule has 6 heterocycles. The van der Waals surface area contributed by atoms with Gasteiger partial charge in [-0.25, -0.2) is 64.7 Å². The Balaban J connectivity index is 0.000000205. The first-order chi connectivity index (χ1) is 36.9. The van der Waals surface area contributed by atoms with Crippen LogP contribution in [0.25, 0.3) is 30.8 Å². The summed E-state index contributed by atoms with van der Waals surface area (Å²) < 4.78 is 102. The fourth-order valence-electron chi connectivity index (χ4n) is 6.10. The van der Waals surface area contributed by atoms with E-state index in [1.807, 2.05) is 0 Å². The predicted molar refractivity (Wildman–Crippen MR) is 284 cm³/mol. The fraction of sp³-hybridized carbons (Fsp3) is 0.102. The maximum atomic E-state index is 13.2. The predicted octanol–water partition coefficient (Wildman–Crippen LogP) is 9.94. The molecule has 0 spiro atoms. The van der Waals surface area contributed by atoms with E-state index in [0.717, 1.165) is 80.8 Å². The summed E-state index contributed by atoms with van der Waals surface area (Å²) in [6, 6.07) is 16.4. The summed E-state index contributed by atoms with van der Waals surface area (Å²) in [5, 5.41) is 18.3. The molecule has 0 bridgehead atoms. The lowest BCUT2D eigenvalue weighted by Gasteiger charge is -2.15. The van der Waals surface area contributed by atoms with Gasteiger partial charge >= 0.3 is 46.8 Å². The summed E-state index contributed by atoms with van der Waals surface area (Å²) in [6.07, 6.45) is 0. The molecule has 0 unspecified atom stereocenters. The van der Waals surface area contributed by atoms with Crippen LogP contribution in [0.2, 0.25) is 0 Å². The fourth-order valence-corrected chi connectivity index (χ4v) is 8.96. The Morgan fingerprint density at radius 1 is 0.532 bits per heavy atom. The Hall–Kier alpha value is -9.42. The Bertz CT molecular complexity index is 3980. The van der Waals surface area contributed by atoms with Gasteiger partial charge in [0.15, 0.2) is 51.7 Å². The number of ether oxygens (including phenoxy) is 2. The van der Waals surface area contributed by atoms with Crippen LogP contribution in [-0.2, 0) is 9.47 Å². The van der Waals surface area contributed by atoms with Crippen LogP contribution >= 0.6 is 34.0 Å². The highest BCUT2D eigenvalue weighted by Crippen LogP contribution is 2.34. The van der Waals surface area contributed by atoms with Gasteiger partial charge < -0.3 is 49.5 Å². The van der Waals surface area contributed by atoms with Gasteiger partial charge in [0.2, 0.25) is 0 Å². The van der Waals surface area contributed by atoms with E-state index >= 15 is 0 Å². The lowest BCUT2D eigenvalue weighted by atomic mass is 10.3. The summed E-state index contributed by atoms with van der Waals surface area (Å²) in [6.45, 7) is 0. The largest absolute Gasteiger partial charge is 0.477 e.